The Labute approximate surface area is 159 Å². The lowest BCUT2D eigenvalue weighted by atomic mass is 9.74. The van der Waals surface area contributed by atoms with Crippen LogP contribution in [0.5, 0.6) is 0 Å². The minimum atomic E-state index is -0.325. The van der Waals surface area contributed by atoms with E-state index in [-0.39, 0.29) is 11.2 Å². The number of halogens is 1. The average Bonchev–Trinajstić information content (AvgIpc) is 3.25. The van der Waals surface area contributed by atoms with E-state index < -0.39 is 0 Å². The van der Waals surface area contributed by atoms with Gasteiger partial charge in [0, 0.05) is 5.41 Å². The van der Waals surface area contributed by atoms with Gasteiger partial charge in [0.05, 0.1) is 17.0 Å². The van der Waals surface area contributed by atoms with Crippen LogP contribution in [-0.4, -0.2) is 25.8 Å². The molecule has 2 aliphatic carbocycles. The van der Waals surface area contributed by atoms with Gasteiger partial charge >= 0.3 is 0 Å². The van der Waals surface area contributed by atoms with E-state index in [0.717, 1.165) is 48.6 Å². The van der Waals surface area contributed by atoms with E-state index in [1.54, 1.807) is 6.07 Å². The van der Waals surface area contributed by atoms with Crippen molar-refractivity contribution in [1.82, 2.24) is 20.0 Å². The molecule has 6 heteroatoms. The summed E-state index contributed by atoms with van der Waals surface area (Å²) in [5, 5.41) is 13.3. The fourth-order valence-corrected chi connectivity index (χ4v) is 4.41. The average molecular weight is 373 g/mol. The van der Waals surface area contributed by atoms with Gasteiger partial charge in [-0.2, -0.15) is 5.10 Å². The number of nitrogens with zero attached hydrogens (tertiary/aromatic N) is 4. The summed E-state index contributed by atoms with van der Waals surface area (Å²) in [5.74, 6) is 1.62. The molecule has 0 aliphatic heterocycles. The van der Waals surface area contributed by atoms with Crippen LogP contribution in [0.15, 0.2) is 12.1 Å². The van der Waals surface area contributed by atoms with Crippen molar-refractivity contribution in [1.29, 1.82) is 0 Å². The fraction of sp³-hybridized carbons (Fsp3) is 0.600. The number of rotatable bonds is 4. The molecular weight excluding hydrogens is 348 g/mol. The number of hydrogen-bond acceptors (Lipinski definition) is 4. The third-order valence-electron chi connectivity index (χ3n) is 5.98. The first kappa shape index (κ1) is 17.7. The summed E-state index contributed by atoms with van der Waals surface area (Å²) < 4.78 is 1.82. The van der Waals surface area contributed by atoms with Crippen molar-refractivity contribution in [3.8, 4) is 5.82 Å². The Morgan fingerprint density at radius 3 is 2.69 bits per heavy atom. The number of aromatic nitrogens is 4. The molecule has 2 aliphatic rings. The molecule has 0 bridgehead atoms. The van der Waals surface area contributed by atoms with Gasteiger partial charge in [-0.05, 0) is 43.7 Å². The van der Waals surface area contributed by atoms with E-state index in [0.29, 0.717) is 11.0 Å². The Hall–Kier alpha value is -1.75. The monoisotopic (exact) mass is 372 g/mol. The van der Waals surface area contributed by atoms with Crippen molar-refractivity contribution < 1.29 is 4.79 Å². The maximum absolute atomic E-state index is 13.1. The predicted molar refractivity (Wildman–Crippen MR) is 101 cm³/mol. The number of ketones is 1. The first-order chi connectivity index (χ1) is 12.5. The number of fused-ring (bicyclic) bond motifs is 1. The van der Waals surface area contributed by atoms with Crippen LogP contribution in [0.2, 0.25) is 5.15 Å². The lowest BCUT2D eigenvalue weighted by Crippen LogP contribution is -2.31. The van der Waals surface area contributed by atoms with Crippen LogP contribution in [0.3, 0.4) is 0 Å². The summed E-state index contributed by atoms with van der Waals surface area (Å²) in [5.41, 5.74) is 2.42. The molecule has 0 saturated heterocycles. The maximum Gasteiger partial charge on any atom is 0.176 e. The van der Waals surface area contributed by atoms with Crippen LogP contribution in [-0.2, 0) is 12.8 Å². The number of aryl methyl sites for hydroxylation is 1. The topological polar surface area (TPSA) is 60.7 Å². The second kappa shape index (κ2) is 6.76. The van der Waals surface area contributed by atoms with Gasteiger partial charge in [0.15, 0.2) is 16.8 Å². The molecule has 26 heavy (non-hydrogen) atoms. The summed E-state index contributed by atoms with van der Waals surface area (Å²) in [4.78, 5) is 13.1. The quantitative estimate of drug-likeness (QED) is 0.787. The molecule has 0 unspecified atom stereocenters. The number of carbonyl (C=O) groups is 1. The van der Waals surface area contributed by atoms with Gasteiger partial charge < -0.3 is 0 Å². The van der Waals surface area contributed by atoms with Gasteiger partial charge in [0.1, 0.15) is 0 Å². The summed E-state index contributed by atoms with van der Waals surface area (Å²) >= 11 is 5.87. The van der Waals surface area contributed by atoms with E-state index in [1.807, 2.05) is 24.6 Å². The summed E-state index contributed by atoms with van der Waals surface area (Å²) in [6, 6.07) is 3.53. The Morgan fingerprint density at radius 2 is 2.00 bits per heavy atom. The molecule has 4 rings (SSSR count). The minimum Gasteiger partial charge on any atom is -0.293 e. The summed E-state index contributed by atoms with van der Waals surface area (Å²) in [6.07, 6.45) is 8.93. The van der Waals surface area contributed by atoms with E-state index in [9.17, 15) is 4.79 Å². The van der Waals surface area contributed by atoms with Gasteiger partial charge in [0.2, 0.25) is 0 Å². The van der Waals surface area contributed by atoms with E-state index in [2.05, 4.69) is 10.2 Å². The highest BCUT2D eigenvalue weighted by molar-refractivity contribution is 6.29. The first-order valence-electron chi connectivity index (χ1n) is 9.61. The number of Topliss-reactive ketones (excluding diaryl/α,β-unsaturated/α-hetero) is 1. The maximum atomic E-state index is 13.1. The van der Waals surface area contributed by atoms with Crippen LogP contribution in [0, 0.1) is 11.3 Å². The van der Waals surface area contributed by atoms with Gasteiger partial charge in [-0.15, -0.1) is 10.2 Å². The normalized spacial score (nSPS) is 19.7. The largest absolute Gasteiger partial charge is 0.293 e. The Bertz CT molecular complexity index is 819. The van der Waals surface area contributed by atoms with Crippen LogP contribution in [0.1, 0.15) is 74.1 Å². The zero-order valence-electron chi connectivity index (χ0n) is 15.5. The second-order valence-electron chi connectivity index (χ2n) is 8.30. The summed E-state index contributed by atoms with van der Waals surface area (Å²) in [7, 11) is 0. The number of hydrogen-bond donors (Lipinski definition) is 0. The molecule has 0 aromatic carbocycles. The van der Waals surface area contributed by atoms with Gasteiger partial charge in [-0.1, -0.05) is 51.1 Å². The van der Waals surface area contributed by atoms with Crippen LogP contribution < -0.4 is 0 Å². The molecule has 1 saturated carbocycles. The molecule has 2 heterocycles. The Kier molecular flexibility index (Phi) is 4.59. The van der Waals surface area contributed by atoms with Crippen LogP contribution in [0.4, 0.5) is 0 Å². The molecule has 1 fully saturated rings. The molecule has 0 atom stereocenters. The zero-order chi connectivity index (χ0) is 18.3. The van der Waals surface area contributed by atoms with E-state index >= 15 is 0 Å². The Morgan fingerprint density at radius 1 is 1.23 bits per heavy atom. The number of carbonyl (C=O) groups excluding carboxylic acids is 1. The van der Waals surface area contributed by atoms with Gasteiger partial charge in [0.25, 0.3) is 0 Å². The lowest BCUT2D eigenvalue weighted by molar-refractivity contribution is 0.0809. The minimum absolute atomic E-state index is 0.216. The zero-order valence-corrected chi connectivity index (χ0v) is 16.2. The first-order valence-corrected chi connectivity index (χ1v) is 9.99. The third kappa shape index (κ3) is 3.18. The smallest absolute Gasteiger partial charge is 0.176 e. The molecule has 2 aromatic rings. The standard InChI is InChI=1S/C20H25ClN4O/c1-20(2)12-11-15-18(19(20)26)14(8-7-13-5-3-4-6-13)24-25(15)17-10-9-16(21)22-23-17/h9-10,13H,3-8,11-12H2,1-2H3. The molecule has 0 radical (unpaired) electrons. The highest BCUT2D eigenvalue weighted by atomic mass is 35.5. The molecule has 0 N–H and O–H groups in total. The second-order valence-corrected chi connectivity index (χ2v) is 8.68. The van der Waals surface area contributed by atoms with Crippen LogP contribution >= 0.6 is 11.6 Å². The summed E-state index contributed by atoms with van der Waals surface area (Å²) in [6.45, 7) is 4.08. The molecule has 138 valence electrons. The Balaban J connectivity index is 1.72. The highest BCUT2D eigenvalue weighted by Gasteiger charge is 2.39. The van der Waals surface area contributed by atoms with Crippen LogP contribution in [0.25, 0.3) is 5.82 Å². The van der Waals surface area contributed by atoms with Gasteiger partial charge in [-0.3, -0.25) is 4.79 Å². The molecule has 2 aromatic heterocycles. The molecule has 0 spiro atoms. The van der Waals surface area contributed by atoms with Crippen molar-refractivity contribution in [2.45, 2.75) is 65.2 Å². The molecular formula is C20H25ClN4O. The third-order valence-corrected chi connectivity index (χ3v) is 6.18. The van der Waals surface area contributed by atoms with Crippen molar-refractivity contribution >= 4 is 17.4 Å². The predicted octanol–water partition coefficient (Wildman–Crippen LogP) is 4.59. The van der Waals surface area contributed by atoms with Crippen molar-refractivity contribution in [2.75, 3.05) is 0 Å². The van der Waals surface area contributed by atoms with E-state index in [4.69, 9.17) is 16.7 Å². The SMILES string of the molecule is CC1(C)CCc2c(c(CCC3CCCC3)nn2-c2ccc(Cl)nn2)C1=O. The van der Waals surface area contributed by atoms with Gasteiger partial charge in [-0.25, -0.2) is 4.68 Å². The molecule has 0 amide bonds. The lowest BCUT2D eigenvalue weighted by Gasteiger charge is -2.28. The van der Waals surface area contributed by atoms with Crippen molar-refractivity contribution in [3.63, 3.8) is 0 Å². The molecule has 5 nitrogen and oxygen atoms in total. The van der Waals surface area contributed by atoms with E-state index in [1.165, 1.54) is 25.7 Å². The fourth-order valence-electron chi connectivity index (χ4n) is 4.31. The highest BCUT2D eigenvalue weighted by Crippen LogP contribution is 2.38. The van der Waals surface area contributed by atoms with Crippen molar-refractivity contribution in [2.24, 2.45) is 11.3 Å². The van der Waals surface area contributed by atoms with Crippen molar-refractivity contribution in [3.05, 3.63) is 34.2 Å².